The van der Waals surface area contributed by atoms with Crippen LogP contribution in [0, 0.1) is 5.41 Å². The van der Waals surface area contributed by atoms with E-state index in [1.807, 2.05) is 13.8 Å². The molecule has 0 unspecified atom stereocenters. The van der Waals surface area contributed by atoms with Crippen molar-refractivity contribution in [1.29, 1.82) is 0 Å². The van der Waals surface area contributed by atoms with Gasteiger partial charge in [-0.25, -0.2) is 0 Å². The molecule has 0 heterocycles. The van der Waals surface area contributed by atoms with Crippen LogP contribution in [0.2, 0.25) is 0 Å². The van der Waals surface area contributed by atoms with E-state index in [-0.39, 0.29) is 0 Å². The Bertz CT molecular complexity index is 255. The van der Waals surface area contributed by atoms with Gasteiger partial charge < -0.3 is 10.2 Å². The van der Waals surface area contributed by atoms with Crippen molar-refractivity contribution in [2.75, 3.05) is 0 Å². The summed E-state index contributed by atoms with van der Waals surface area (Å²) in [5, 5.41) is 20.8. The van der Waals surface area contributed by atoms with E-state index in [2.05, 4.69) is 13.2 Å². The molecule has 0 radical (unpaired) electrons. The van der Waals surface area contributed by atoms with E-state index in [1.54, 1.807) is 27.7 Å². The molecule has 0 rings (SSSR count). The van der Waals surface area contributed by atoms with Crippen LogP contribution in [0.1, 0.15) is 41.5 Å². The summed E-state index contributed by atoms with van der Waals surface area (Å²) in [6.45, 7) is 18.0. The monoisotopic (exact) mass is 212 g/mol. The first-order chi connectivity index (χ1) is 6.39. The van der Waals surface area contributed by atoms with Crippen LogP contribution in [0.3, 0.4) is 0 Å². The van der Waals surface area contributed by atoms with Crippen LogP contribution in [0.25, 0.3) is 0 Å². The highest BCUT2D eigenvalue weighted by molar-refractivity contribution is 5.24. The highest BCUT2D eigenvalue weighted by Crippen LogP contribution is 2.46. The lowest BCUT2D eigenvalue weighted by Crippen LogP contribution is -2.57. The lowest BCUT2D eigenvalue weighted by Gasteiger charge is -2.50. The molecule has 0 saturated heterocycles. The van der Waals surface area contributed by atoms with Crippen LogP contribution in [-0.2, 0) is 0 Å². The average molecular weight is 212 g/mol. The molecular formula is C13H24O2. The molecular weight excluding hydrogens is 188 g/mol. The Morgan fingerprint density at radius 2 is 1.00 bits per heavy atom. The minimum absolute atomic E-state index is 0.633. The highest BCUT2D eigenvalue weighted by Gasteiger charge is 2.52. The van der Waals surface area contributed by atoms with Crippen LogP contribution in [0.5, 0.6) is 0 Å². The minimum atomic E-state index is -1.14. The second-order valence-electron chi connectivity index (χ2n) is 5.33. The predicted octanol–water partition coefficient (Wildman–Crippen LogP) is 2.67. The molecule has 0 saturated carbocycles. The number of hydrogen-bond donors (Lipinski definition) is 2. The molecule has 2 N–H and O–H groups in total. The summed E-state index contributed by atoms with van der Waals surface area (Å²) < 4.78 is 0. The Labute approximate surface area is 93.3 Å². The van der Waals surface area contributed by atoms with Gasteiger partial charge in [0, 0.05) is 5.41 Å². The highest BCUT2D eigenvalue weighted by atomic mass is 16.3. The molecule has 2 atom stereocenters. The first-order valence-electron chi connectivity index (χ1n) is 5.15. The van der Waals surface area contributed by atoms with E-state index in [1.165, 1.54) is 0 Å². The SMILES string of the molecule is C=C(C)[C@@](C)(O)C(C)(C)[C@](C)(O)C(=C)C. The van der Waals surface area contributed by atoms with E-state index in [4.69, 9.17) is 0 Å². The summed E-state index contributed by atoms with van der Waals surface area (Å²) in [5.41, 5.74) is -1.77. The maximum absolute atomic E-state index is 10.4. The van der Waals surface area contributed by atoms with Crippen molar-refractivity contribution in [3.63, 3.8) is 0 Å². The fourth-order valence-corrected chi connectivity index (χ4v) is 1.54. The minimum Gasteiger partial charge on any atom is -0.385 e. The molecule has 0 aliphatic carbocycles. The molecule has 88 valence electrons. The quantitative estimate of drug-likeness (QED) is 0.703. The molecule has 0 fully saturated rings. The normalized spacial score (nSPS) is 20.3. The Hall–Kier alpha value is -0.600. The van der Waals surface area contributed by atoms with Gasteiger partial charge in [-0.15, -0.1) is 0 Å². The summed E-state index contributed by atoms with van der Waals surface area (Å²) in [5.74, 6) is 0. The van der Waals surface area contributed by atoms with Crippen LogP contribution in [0.15, 0.2) is 24.3 Å². The number of aliphatic hydroxyl groups is 2. The van der Waals surface area contributed by atoms with Gasteiger partial charge in [0.05, 0.1) is 11.2 Å². The molecule has 15 heavy (non-hydrogen) atoms. The van der Waals surface area contributed by atoms with Crippen molar-refractivity contribution in [2.45, 2.75) is 52.7 Å². The van der Waals surface area contributed by atoms with Crippen LogP contribution in [-0.4, -0.2) is 21.4 Å². The third-order valence-electron chi connectivity index (χ3n) is 4.10. The number of hydrogen-bond acceptors (Lipinski definition) is 2. The van der Waals surface area contributed by atoms with E-state index < -0.39 is 16.6 Å². The van der Waals surface area contributed by atoms with Crippen LogP contribution < -0.4 is 0 Å². The zero-order chi connectivity index (χ0) is 12.7. The molecule has 0 amide bonds. The third kappa shape index (κ3) is 2.01. The molecule has 0 aliphatic rings. The first kappa shape index (κ1) is 14.4. The van der Waals surface area contributed by atoms with E-state index in [0.717, 1.165) is 0 Å². The topological polar surface area (TPSA) is 40.5 Å². The van der Waals surface area contributed by atoms with E-state index in [9.17, 15) is 10.2 Å². The predicted molar refractivity (Wildman–Crippen MR) is 64.7 cm³/mol. The Kier molecular flexibility index (Phi) is 3.61. The standard InChI is InChI=1S/C13H24O2/c1-9(2)12(7,14)11(5,6)13(8,15)10(3)4/h14-15H,1,3H2,2,4-8H3/t12-,13-/m1/s1. The molecule has 0 aromatic carbocycles. The van der Waals surface area contributed by atoms with Crippen LogP contribution >= 0.6 is 0 Å². The molecule has 0 aromatic heterocycles. The van der Waals surface area contributed by atoms with Gasteiger partial charge in [0.1, 0.15) is 0 Å². The van der Waals surface area contributed by atoms with Crippen molar-refractivity contribution < 1.29 is 10.2 Å². The summed E-state index contributed by atoms with van der Waals surface area (Å²) in [6, 6.07) is 0. The smallest absolute Gasteiger partial charge is 0.0904 e. The molecule has 0 aromatic rings. The Morgan fingerprint density at radius 1 is 0.800 bits per heavy atom. The molecule has 2 heteroatoms. The Morgan fingerprint density at radius 3 is 1.13 bits per heavy atom. The maximum atomic E-state index is 10.4. The molecule has 2 nitrogen and oxygen atoms in total. The van der Waals surface area contributed by atoms with Crippen molar-refractivity contribution >= 4 is 0 Å². The summed E-state index contributed by atoms with van der Waals surface area (Å²) in [4.78, 5) is 0. The third-order valence-corrected chi connectivity index (χ3v) is 4.10. The fraction of sp³-hybridized carbons (Fsp3) is 0.692. The lowest BCUT2D eigenvalue weighted by molar-refractivity contribution is -0.127. The maximum Gasteiger partial charge on any atom is 0.0904 e. The fourth-order valence-electron chi connectivity index (χ4n) is 1.54. The first-order valence-corrected chi connectivity index (χ1v) is 5.15. The van der Waals surface area contributed by atoms with Crippen molar-refractivity contribution in [1.82, 2.24) is 0 Å². The van der Waals surface area contributed by atoms with Gasteiger partial charge in [-0.1, -0.05) is 27.0 Å². The van der Waals surface area contributed by atoms with Gasteiger partial charge in [0.2, 0.25) is 0 Å². The van der Waals surface area contributed by atoms with Crippen molar-refractivity contribution in [3.05, 3.63) is 24.3 Å². The summed E-state index contributed by atoms with van der Waals surface area (Å²) in [7, 11) is 0. The van der Waals surface area contributed by atoms with Gasteiger partial charge in [-0.2, -0.15) is 0 Å². The van der Waals surface area contributed by atoms with E-state index >= 15 is 0 Å². The lowest BCUT2D eigenvalue weighted by atomic mass is 9.61. The second kappa shape index (κ2) is 3.76. The molecule has 0 spiro atoms. The largest absolute Gasteiger partial charge is 0.385 e. The molecule has 0 bridgehead atoms. The van der Waals surface area contributed by atoms with Gasteiger partial charge in [-0.05, 0) is 38.8 Å². The average Bonchev–Trinajstić information content (AvgIpc) is 2.02. The van der Waals surface area contributed by atoms with Gasteiger partial charge >= 0.3 is 0 Å². The molecule has 0 aliphatic heterocycles. The Balaban J connectivity index is 5.50. The van der Waals surface area contributed by atoms with Crippen LogP contribution in [0.4, 0.5) is 0 Å². The zero-order valence-electron chi connectivity index (χ0n) is 10.8. The van der Waals surface area contributed by atoms with E-state index in [0.29, 0.717) is 11.1 Å². The van der Waals surface area contributed by atoms with Gasteiger partial charge in [-0.3, -0.25) is 0 Å². The zero-order valence-corrected chi connectivity index (χ0v) is 10.8. The number of rotatable bonds is 4. The van der Waals surface area contributed by atoms with Gasteiger partial charge in [0.15, 0.2) is 0 Å². The second-order valence-corrected chi connectivity index (χ2v) is 5.33. The summed E-state index contributed by atoms with van der Waals surface area (Å²) >= 11 is 0. The van der Waals surface area contributed by atoms with Gasteiger partial charge in [0.25, 0.3) is 0 Å². The van der Waals surface area contributed by atoms with Crippen molar-refractivity contribution in [2.24, 2.45) is 5.41 Å². The summed E-state index contributed by atoms with van der Waals surface area (Å²) in [6.07, 6.45) is 0. The van der Waals surface area contributed by atoms with Crippen molar-refractivity contribution in [3.8, 4) is 0 Å².